The van der Waals surface area contributed by atoms with Crippen LogP contribution in [0.4, 0.5) is 11.4 Å². The predicted molar refractivity (Wildman–Crippen MR) is 137 cm³/mol. The molecule has 0 saturated carbocycles. The minimum Gasteiger partial charge on any atom is -0.426 e. The normalized spacial score (nSPS) is 10.8. The summed E-state index contributed by atoms with van der Waals surface area (Å²) >= 11 is 0. The van der Waals surface area contributed by atoms with E-state index in [1.54, 1.807) is 36.4 Å². The summed E-state index contributed by atoms with van der Waals surface area (Å²) in [5.74, 6) is 0.854. The highest BCUT2D eigenvalue weighted by atomic mass is 16.5. The van der Waals surface area contributed by atoms with E-state index in [1.165, 1.54) is 0 Å². The van der Waals surface area contributed by atoms with Gasteiger partial charge in [0.2, 0.25) is 5.91 Å². The second kappa shape index (κ2) is 13.4. The lowest BCUT2D eigenvalue weighted by atomic mass is 10.1. The van der Waals surface area contributed by atoms with E-state index in [9.17, 15) is 9.59 Å². The van der Waals surface area contributed by atoms with Crippen LogP contribution < -0.4 is 15.0 Å². The standard InChI is InChI=1S/C28H37N3O3/c1-6-7-8-28(33)34-24-13-14-26(31(18-20(2)3)19-21(4)5)25(16-24)30-27(32)15-22-9-11-23(17-29)12-10-22/h9-14,16,20-21H,6-8,15,18-19H2,1-5H3,(H,30,32). The zero-order valence-electron chi connectivity index (χ0n) is 21.1. The molecule has 2 aromatic rings. The van der Waals surface area contributed by atoms with E-state index in [2.05, 4.69) is 44.0 Å². The molecule has 1 amide bonds. The molecule has 2 aromatic carbocycles. The van der Waals surface area contributed by atoms with E-state index in [1.807, 2.05) is 13.0 Å². The SMILES string of the molecule is CCCCC(=O)Oc1ccc(N(CC(C)C)CC(C)C)c(NC(=O)Cc2ccc(C#N)cc2)c1. The Morgan fingerprint density at radius 3 is 2.24 bits per heavy atom. The number of unbranched alkanes of at least 4 members (excludes halogenated alkanes) is 1. The maximum atomic E-state index is 12.9. The Labute approximate surface area is 203 Å². The quantitative estimate of drug-likeness (QED) is 0.310. The minimum absolute atomic E-state index is 0.172. The smallest absolute Gasteiger partial charge is 0.311 e. The number of nitrogens with one attached hydrogen (secondary N) is 1. The zero-order chi connectivity index (χ0) is 25.1. The highest BCUT2D eigenvalue weighted by Gasteiger charge is 2.18. The van der Waals surface area contributed by atoms with E-state index in [4.69, 9.17) is 10.00 Å². The molecule has 34 heavy (non-hydrogen) atoms. The number of nitrogens with zero attached hydrogens (tertiary/aromatic N) is 2. The van der Waals surface area contributed by atoms with Crippen LogP contribution in [0, 0.1) is 23.2 Å². The van der Waals surface area contributed by atoms with E-state index in [-0.39, 0.29) is 18.3 Å². The van der Waals surface area contributed by atoms with Crippen molar-refractivity contribution in [2.75, 3.05) is 23.3 Å². The first-order chi connectivity index (χ1) is 16.2. The van der Waals surface area contributed by atoms with Crippen molar-refractivity contribution in [2.45, 2.75) is 60.3 Å². The van der Waals surface area contributed by atoms with Crippen LogP contribution in [0.15, 0.2) is 42.5 Å². The van der Waals surface area contributed by atoms with Gasteiger partial charge in [0, 0.05) is 25.6 Å². The van der Waals surface area contributed by atoms with Crippen molar-refractivity contribution >= 4 is 23.3 Å². The monoisotopic (exact) mass is 463 g/mol. The van der Waals surface area contributed by atoms with Crippen LogP contribution in [0.2, 0.25) is 0 Å². The summed E-state index contributed by atoms with van der Waals surface area (Å²) in [5, 5.41) is 12.0. The summed E-state index contributed by atoms with van der Waals surface area (Å²) < 4.78 is 5.54. The number of hydrogen-bond acceptors (Lipinski definition) is 5. The molecule has 1 N–H and O–H groups in total. The lowest BCUT2D eigenvalue weighted by Crippen LogP contribution is -2.32. The summed E-state index contributed by atoms with van der Waals surface area (Å²) in [6.45, 7) is 12.4. The second-order valence-corrected chi connectivity index (χ2v) is 9.48. The summed E-state index contributed by atoms with van der Waals surface area (Å²) in [7, 11) is 0. The van der Waals surface area contributed by atoms with Crippen LogP contribution >= 0.6 is 0 Å². The molecule has 0 aliphatic rings. The fraction of sp³-hybridized carbons (Fsp3) is 0.464. The molecule has 0 aromatic heterocycles. The highest BCUT2D eigenvalue weighted by Crippen LogP contribution is 2.32. The van der Waals surface area contributed by atoms with E-state index in [0.717, 1.165) is 37.2 Å². The molecule has 0 aliphatic carbocycles. The van der Waals surface area contributed by atoms with Gasteiger partial charge in [0.05, 0.1) is 29.4 Å². The number of anilines is 2. The van der Waals surface area contributed by atoms with Crippen LogP contribution in [0.25, 0.3) is 0 Å². The second-order valence-electron chi connectivity index (χ2n) is 9.48. The molecule has 0 bridgehead atoms. The van der Waals surface area contributed by atoms with Crippen LogP contribution in [0.5, 0.6) is 5.75 Å². The number of carbonyl (C=O) groups excluding carboxylic acids is 2. The number of ether oxygens (including phenoxy) is 1. The molecular formula is C28H37N3O3. The molecule has 2 rings (SSSR count). The Balaban J connectivity index is 2.31. The molecular weight excluding hydrogens is 426 g/mol. The van der Waals surface area contributed by atoms with E-state index in [0.29, 0.717) is 35.3 Å². The van der Waals surface area contributed by atoms with Gasteiger partial charge in [-0.05, 0) is 48.1 Å². The van der Waals surface area contributed by atoms with Gasteiger partial charge in [0.15, 0.2) is 0 Å². The molecule has 182 valence electrons. The summed E-state index contributed by atoms with van der Waals surface area (Å²) in [4.78, 5) is 27.4. The molecule has 0 atom stereocenters. The third-order valence-corrected chi connectivity index (χ3v) is 5.17. The van der Waals surface area contributed by atoms with Crippen LogP contribution in [-0.2, 0) is 16.0 Å². The molecule has 0 saturated heterocycles. The fourth-order valence-electron chi connectivity index (χ4n) is 3.69. The summed E-state index contributed by atoms with van der Waals surface area (Å²) in [5.41, 5.74) is 2.91. The van der Waals surface area contributed by atoms with Crippen LogP contribution in [0.1, 0.15) is 65.0 Å². The first kappa shape index (κ1) is 26.9. The third-order valence-electron chi connectivity index (χ3n) is 5.17. The third kappa shape index (κ3) is 8.90. The van der Waals surface area contributed by atoms with Crippen LogP contribution in [-0.4, -0.2) is 25.0 Å². The Kier molecular flexibility index (Phi) is 10.6. The number of esters is 1. The fourth-order valence-corrected chi connectivity index (χ4v) is 3.69. The van der Waals surface area contributed by atoms with Gasteiger partial charge in [-0.15, -0.1) is 0 Å². The molecule has 0 aliphatic heterocycles. The largest absolute Gasteiger partial charge is 0.426 e. The lowest BCUT2D eigenvalue weighted by molar-refractivity contribution is -0.134. The number of benzene rings is 2. The summed E-state index contributed by atoms with van der Waals surface area (Å²) in [6, 6.07) is 14.5. The van der Waals surface area contributed by atoms with Crippen molar-refractivity contribution in [1.29, 1.82) is 5.26 Å². The molecule has 0 unspecified atom stereocenters. The molecule has 0 radical (unpaired) electrons. The summed E-state index contributed by atoms with van der Waals surface area (Å²) in [6.07, 6.45) is 2.25. The first-order valence-corrected chi connectivity index (χ1v) is 12.1. The van der Waals surface area contributed by atoms with Gasteiger partial charge in [0.25, 0.3) is 0 Å². The van der Waals surface area contributed by atoms with Gasteiger partial charge in [-0.1, -0.05) is 53.2 Å². The van der Waals surface area contributed by atoms with Crippen LogP contribution in [0.3, 0.4) is 0 Å². The average molecular weight is 464 g/mol. The van der Waals surface area contributed by atoms with Crippen molar-refractivity contribution in [3.63, 3.8) is 0 Å². The van der Waals surface area contributed by atoms with Gasteiger partial charge < -0.3 is 15.0 Å². The maximum Gasteiger partial charge on any atom is 0.311 e. The van der Waals surface area contributed by atoms with Crippen molar-refractivity contribution in [3.8, 4) is 11.8 Å². The molecule has 0 spiro atoms. The number of hydrogen-bond donors (Lipinski definition) is 1. The van der Waals surface area contributed by atoms with Gasteiger partial charge in [-0.2, -0.15) is 5.26 Å². The maximum absolute atomic E-state index is 12.9. The molecule has 6 nitrogen and oxygen atoms in total. The van der Waals surface area contributed by atoms with Gasteiger partial charge in [-0.3, -0.25) is 9.59 Å². The Hall–Kier alpha value is -3.33. The van der Waals surface area contributed by atoms with Gasteiger partial charge >= 0.3 is 5.97 Å². The number of carbonyl (C=O) groups is 2. The Bertz CT molecular complexity index is 981. The Morgan fingerprint density at radius 1 is 1.03 bits per heavy atom. The lowest BCUT2D eigenvalue weighted by Gasteiger charge is -2.30. The van der Waals surface area contributed by atoms with Crippen molar-refractivity contribution in [1.82, 2.24) is 0 Å². The molecule has 6 heteroatoms. The minimum atomic E-state index is -0.273. The van der Waals surface area contributed by atoms with Crippen molar-refractivity contribution in [3.05, 3.63) is 53.6 Å². The van der Waals surface area contributed by atoms with Gasteiger partial charge in [0.1, 0.15) is 5.75 Å². The topological polar surface area (TPSA) is 82.4 Å². The van der Waals surface area contributed by atoms with Crippen molar-refractivity contribution in [2.24, 2.45) is 11.8 Å². The van der Waals surface area contributed by atoms with Crippen molar-refractivity contribution < 1.29 is 14.3 Å². The van der Waals surface area contributed by atoms with E-state index >= 15 is 0 Å². The Morgan fingerprint density at radius 2 is 1.68 bits per heavy atom. The molecule has 0 heterocycles. The van der Waals surface area contributed by atoms with Gasteiger partial charge in [-0.25, -0.2) is 0 Å². The van der Waals surface area contributed by atoms with E-state index < -0.39 is 0 Å². The predicted octanol–water partition coefficient (Wildman–Crippen LogP) is 5.95. The number of nitriles is 1. The highest BCUT2D eigenvalue weighted by molar-refractivity contribution is 5.96. The number of rotatable bonds is 12. The zero-order valence-corrected chi connectivity index (χ0v) is 21.1. The number of amides is 1. The first-order valence-electron chi connectivity index (χ1n) is 12.1. The average Bonchev–Trinajstić information content (AvgIpc) is 2.77. The molecule has 0 fully saturated rings.